The second kappa shape index (κ2) is 9.50. The van der Waals surface area contributed by atoms with Crippen LogP contribution in [0.5, 0.6) is 5.88 Å². The van der Waals surface area contributed by atoms with Crippen molar-refractivity contribution >= 4 is 40.4 Å². The fraction of sp³-hybridized carbons (Fsp3) is 0.636. The molecule has 4 heterocycles. The normalized spacial score (nSPS) is 23.3. The highest BCUT2D eigenvalue weighted by Crippen LogP contribution is 2.35. The molecule has 34 heavy (non-hydrogen) atoms. The van der Waals surface area contributed by atoms with Crippen LogP contribution in [-0.2, 0) is 4.74 Å². The molecular formula is C22H29ClFN5O4S. The predicted octanol–water partition coefficient (Wildman–Crippen LogP) is 3.73. The molecule has 1 amide bonds. The average molecular weight is 514 g/mol. The molecule has 0 saturated carbocycles. The quantitative estimate of drug-likeness (QED) is 0.353. The first-order chi connectivity index (χ1) is 16.0. The van der Waals surface area contributed by atoms with Gasteiger partial charge in [-0.05, 0) is 46.3 Å². The fourth-order valence-electron chi connectivity index (χ4n) is 4.69. The van der Waals surface area contributed by atoms with Gasteiger partial charge in [0.15, 0.2) is 16.1 Å². The first-order valence-electron chi connectivity index (χ1n) is 11.3. The number of halogens is 2. The number of carbonyl (C=O) groups excluding carboxylic acids is 1. The van der Waals surface area contributed by atoms with Crippen LogP contribution < -0.4 is 15.6 Å². The molecule has 2 aromatic rings. The Labute approximate surface area is 206 Å². The number of amides is 1. The number of nitrogens with one attached hydrogen (secondary N) is 2. The van der Waals surface area contributed by atoms with Crippen LogP contribution in [0, 0.1) is 5.82 Å². The molecular weight excluding hydrogens is 485 g/mol. The SMILES string of the molecule is CC[C@H](Oc1nc(Cl)c(F)c2nc(SC)[nH]c(=O)c12)[C@H]1NC[C@H]2CC[C@@H]1N2C(=O)OC(C)(C)C. The first-order valence-corrected chi connectivity index (χ1v) is 12.9. The largest absolute Gasteiger partial charge is 0.472 e. The number of pyridine rings is 1. The van der Waals surface area contributed by atoms with Crippen LogP contribution in [0.3, 0.4) is 0 Å². The summed E-state index contributed by atoms with van der Waals surface area (Å²) >= 11 is 7.21. The lowest BCUT2D eigenvalue weighted by Crippen LogP contribution is -2.64. The van der Waals surface area contributed by atoms with Crippen LogP contribution in [0.15, 0.2) is 9.95 Å². The number of aromatic nitrogens is 3. The summed E-state index contributed by atoms with van der Waals surface area (Å²) in [5.41, 5.74) is -1.35. The summed E-state index contributed by atoms with van der Waals surface area (Å²) in [4.78, 5) is 38.3. The third-order valence-electron chi connectivity index (χ3n) is 6.11. The number of thioether (sulfide) groups is 1. The first kappa shape index (κ1) is 25.0. The average Bonchev–Trinajstić information content (AvgIpc) is 3.07. The van der Waals surface area contributed by atoms with Gasteiger partial charge in [0.25, 0.3) is 5.56 Å². The summed E-state index contributed by atoms with van der Waals surface area (Å²) in [6.45, 7) is 8.05. The summed E-state index contributed by atoms with van der Waals surface area (Å²) in [6, 6.07) is -0.348. The molecule has 2 bridgehead atoms. The summed E-state index contributed by atoms with van der Waals surface area (Å²) in [5, 5.41) is 3.24. The Bertz CT molecular complexity index is 1160. The van der Waals surface area contributed by atoms with Crippen molar-refractivity contribution in [3.05, 3.63) is 21.3 Å². The maximum absolute atomic E-state index is 14.7. The van der Waals surface area contributed by atoms with E-state index in [4.69, 9.17) is 21.1 Å². The topological polar surface area (TPSA) is 109 Å². The number of carbonyl (C=O) groups is 1. The Balaban J connectivity index is 1.67. The zero-order valence-corrected chi connectivity index (χ0v) is 21.3. The molecule has 12 heteroatoms. The molecule has 186 valence electrons. The maximum Gasteiger partial charge on any atom is 0.410 e. The van der Waals surface area contributed by atoms with Crippen molar-refractivity contribution in [2.45, 2.75) is 81.9 Å². The summed E-state index contributed by atoms with van der Waals surface area (Å²) in [7, 11) is 0. The van der Waals surface area contributed by atoms with Gasteiger partial charge in [0, 0.05) is 12.6 Å². The van der Waals surface area contributed by atoms with E-state index >= 15 is 0 Å². The molecule has 2 aliphatic rings. The van der Waals surface area contributed by atoms with Crippen LogP contribution in [-0.4, -0.2) is 68.6 Å². The number of hydrogen-bond acceptors (Lipinski definition) is 8. The lowest BCUT2D eigenvalue weighted by Gasteiger charge is -2.43. The molecule has 2 aromatic heterocycles. The zero-order valence-electron chi connectivity index (χ0n) is 19.8. The van der Waals surface area contributed by atoms with Gasteiger partial charge in [0.2, 0.25) is 5.88 Å². The second-order valence-corrected chi connectivity index (χ2v) is 10.7. The minimum Gasteiger partial charge on any atom is -0.472 e. The van der Waals surface area contributed by atoms with E-state index in [9.17, 15) is 14.0 Å². The van der Waals surface area contributed by atoms with Gasteiger partial charge in [0.05, 0.1) is 12.1 Å². The van der Waals surface area contributed by atoms with E-state index in [0.29, 0.717) is 13.0 Å². The van der Waals surface area contributed by atoms with Crippen LogP contribution in [0.25, 0.3) is 10.9 Å². The third kappa shape index (κ3) is 4.70. The molecule has 2 N–H and O–H groups in total. The zero-order chi connectivity index (χ0) is 24.8. The van der Waals surface area contributed by atoms with Crippen molar-refractivity contribution in [1.82, 2.24) is 25.2 Å². The van der Waals surface area contributed by atoms with E-state index < -0.39 is 28.2 Å². The molecule has 0 spiro atoms. The lowest BCUT2D eigenvalue weighted by molar-refractivity contribution is -0.00698. The second-order valence-electron chi connectivity index (χ2n) is 9.51. The Kier molecular flexibility index (Phi) is 6.99. The van der Waals surface area contributed by atoms with Gasteiger partial charge in [-0.3, -0.25) is 9.69 Å². The molecule has 2 saturated heterocycles. The van der Waals surface area contributed by atoms with Gasteiger partial charge in [-0.15, -0.1) is 0 Å². The molecule has 9 nitrogen and oxygen atoms in total. The van der Waals surface area contributed by atoms with Gasteiger partial charge in [-0.2, -0.15) is 4.98 Å². The summed E-state index contributed by atoms with van der Waals surface area (Å²) in [6.07, 6.45) is 3.10. The number of H-pyrrole nitrogens is 1. The number of piperazine rings is 1. The monoisotopic (exact) mass is 513 g/mol. The third-order valence-corrected chi connectivity index (χ3v) is 6.94. The van der Waals surface area contributed by atoms with Gasteiger partial charge >= 0.3 is 6.09 Å². The number of nitrogens with zero attached hydrogens (tertiary/aromatic N) is 3. The maximum atomic E-state index is 14.7. The summed E-state index contributed by atoms with van der Waals surface area (Å²) < 4.78 is 26.6. The van der Waals surface area contributed by atoms with Crippen molar-refractivity contribution in [3.63, 3.8) is 0 Å². The summed E-state index contributed by atoms with van der Waals surface area (Å²) in [5.74, 6) is -0.954. The molecule has 2 aliphatic heterocycles. The molecule has 0 radical (unpaired) electrons. The minimum atomic E-state index is -0.871. The smallest absolute Gasteiger partial charge is 0.410 e. The number of aromatic amines is 1. The number of rotatable bonds is 5. The van der Waals surface area contributed by atoms with Gasteiger partial charge in [-0.1, -0.05) is 30.3 Å². The molecule has 0 unspecified atom stereocenters. The number of ether oxygens (including phenoxy) is 2. The van der Waals surface area contributed by atoms with Crippen molar-refractivity contribution in [2.75, 3.05) is 12.8 Å². The van der Waals surface area contributed by atoms with E-state index in [2.05, 4.69) is 20.3 Å². The molecule has 0 aromatic carbocycles. The van der Waals surface area contributed by atoms with Gasteiger partial charge < -0.3 is 19.8 Å². The van der Waals surface area contributed by atoms with E-state index in [1.807, 2.05) is 27.7 Å². The molecule has 2 fully saturated rings. The van der Waals surface area contributed by atoms with E-state index in [1.54, 1.807) is 11.2 Å². The highest BCUT2D eigenvalue weighted by molar-refractivity contribution is 7.98. The number of fused-ring (bicyclic) bond motifs is 3. The van der Waals surface area contributed by atoms with Crippen molar-refractivity contribution in [1.29, 1.82) is 0 Å². The van der Waals surface area contributed by atoms with Gasteiger partial charge in [-0.25, -0.2) is 14.2 Å². The number of hydrogen-bond donors (Lipinski definition) is 2. The van der Waals surface area contributed by atoms with Crippen LogP contribution >= 0.6 is 23.4 Å². The van der Waals surface area contributed by atoms with Crippen molar-refractivity contribution < 1.29 is 18.7 Å². The Hall–Kier alpha value is -2.11. The standard InChI is InChI=1S/C22H29ClFN5O4S/c1-6-12(15-11-8-7-10(9-25-15)29(11)21(31)33-22(2,3)4)32-19-13-16(14(24)17(23)27-19)26-20(34-5)28-18(13)30/h10-12,15,25H,6-9H2,1-5H3,(H,26,28,30)/t10-,11+,12+,15+/m1/s1. The van der Waals surface area contributed by atoms with Gasteiger partial charge in [0.1, 0.15) is 22.6 Å². The van der Waals surface area contributed by atoms with E-state index in [0.717, 1.165) is 12.8 Å². The minimum absolute atomic E-state index is 0.0461. The van der Waals surface area contributed by atoms with Crippen molar-refractivity contribution in [3.8, 4) is 5.88 Å². The van der Waals surface area contributed by atoms with Crippen molar-refractivity contribution in [2.24, 2.45) is 0 Å². The predicted molar refractivity (Wildman–Crippen MR) is 128 cm³/mol. The van der Waals surface area contributed by atoms with Crippen LogP contribution in [0.4, 0.5) is 9.18 Å². The van der Waals surface area contributed by atoms with Crippen LogP contribution in [0.2, 0.25) is 5.15 Å². The fourth-order valence-corrected chi connectivity index (χ4v) is 5.23. The Morgan fingerprint density at radius 3 is 2.74 bits per heavy atom. The van der Waals surface area contributed by atoms with E-state index in [1.165, 1.54) is 11.8 Å². The highest BCUT2D eigenvalue weighted by atomic mass is 35.5. The Morgan fingerprint density at radius 2 is 2.09 bits per heavy atom. The molecule has 4 rings (SSSR count). The lowest BCUT2D eigenvalue weighted by atomic mass is 9.97. The Morgan fingerprint density at radius 1 is 1.35 bits per heavy atom. The molecule has 4 atom stereocenters. The highest BCUT2D eigenvalue weighted by Gasteiger charge is 2.49. The molecule has 0 aliphatic carbocycles. The van der Waals surface area contributed by atoms with E-state index in [-0.39, 0.29) is 46.2 Å². The van der Waals surface area contributed by atoms with Crippen LogP contribution in [0.1, 0.15) is 47.0 Å².